The largest absolute Gasteiger partial charge is 0.368 e. The van der Waals surface area contributed by atoms with E-state index in [1.54, 1.807) is 24.1 Å². The average Bonchev–Trinajstić information content (AvgIpc) is 3.10. The van der Waals surface area contributed by atoms with Crippen LogP contribution < -0.4 is 16.4 Å². The van der Waals surface area contributed by atoms with E-state index in [2.05, 4.69) is 10.6 Å². The molecule has 1 aliphatic rings. The maximum absolute atomic E-state index is 13.0. The van der Waals surface area contributed by atoms with E-state index in [4.69, 9.17) is 5.73 Å². The van der Waals surface area contributed by atoms with E-state index in [0.717, 1.165) is 4.90 Å². The van der Waals surface area contributed by atoms with Gasteiger partial charge < -0.3 is 26.2 Å². The second-order valence-corrected chi connectivity index (χ2v) is 8.60. The van der Waals surface area contributed by atoms with Crippen LogP contribution in [0, 0.1) is 0 Å². The zero-order chi connectivity index (χ0) is 22.3. The summed E-state index contributed by atoms with van der Waals surface area (Å²) in [5.74, 6) is -1.05. The molecule has 0 bridgehead atoms. The van der Waals surface area contributed by atoms with Crippen LogP contribution in [-0.2, 0) is 14.4 Å². The smallest absolute Gasteiger partial charge is 0.319 e. The van der Waals surface area contributed by atoms with Crippen LogP contribution in [0.15, 0.2) is 29.2 Å². The van der Waals surface area contributed by atoms with Gasteiger partial charge in [0, 0.05) is 24.2 Å². The number of amides is 5. The highest BCUT2D eigenvalue weighted by molar-refractivity contribution is 7.99. The molecule has 1 fully saturated rings. The highest BCUT2D eigenvalue weighted by atomic mass is 32.2. The first-order chi connectivity index (χ1) is 14.3. The average molecular weight is 454 g/mol. The fourth-order valence-electron chi connectivity index (χ4n) is 3.31. The zero-order valence-electron chi connectivity index (χ0n) is 17.2. The minimum absolute atomic E-state index is 0.189. The Morgan fingerprint density at radius 3 is 2.63 bits per heavy atom. The molecule has 1 aliphatic heterocycles. The van der Waals surface area contributed by atoms with Crippen molar-refractivity contribution in [3.05, 3.63) is 24.3 Å². The van der Waals surface area contributed by atoms with Crippen LogP contribution in [0.5, 0.6) is 0 Å². The van der Waals surface area contributed by atoms with E-state index in [1.807, 2.05) is 24.5 Å². The lowest BCUT2D eigenvalue weighted by molar-refractivity contribution is -0.143. The summed E-state index contributed by atoms with van der Waals surface area (Å²) in [6, 6.07) is 5.45. The Hall–Kier alpha value is -2.40. The molecule has 2 unspecified atom stereocenters. The summed E-state index contributed by atoms with van der Waals surface area (Å²) in [5.41, 5.74) is 5.83. The van der Waals surface area contributed by atoms with Crippen molar-refractivity contribution in [1.29, 1.82) is 0 Å². The molecule has 11 heteroatoms. The lowest BCUT2D eigenvalue weighted by atomic mass is 10.1. The van der Waals surface area contributed by atoms with Crippen molar-refractivity contribution in [2.24, 2.45) is 5.73 Å². The molecular formula is C19H27N5O4S2. The molecular weight excluding hydrogens is 426 g/mol. The van der Waals surface area contributed by atoms with E-state index >= 15 is 0 Å². The summed E-state index contributed by atoms with van der Waals surface area (Å²) >= 11 is 2.92. The number of carbonyl (C=O) groups excluding carboxylic acids is 4. The number of rotatable bonds is 8. The summed E-state index contributed by atoms with van der Waals surface area (Å²) in [7, 11) is 1.45. The van der Waals surface area contributed by atoms with Gasteiger partial charge in [0.2, 0.25) is 17.7 Å². The molecule has 1 aromatic rings. The van der Waals surface area contributed by atoms with E-state index in [0.29, 0.717) is 18.7 Å². The number of nitrogens with one attached hydrogen (secondary N) is 2. The molecule has 2 rings (SSSR count). The molecule has 2 atom stereocenters. The predicted octanol–water partition coefficient (Wildman–Crippen LogP) is 0.806. The third-order valence-electron chi connectivity index (χ3n) is 4.65. The zero-order valence-corrected chi connectivity index (χ0v) is 18.8. The molecule has 1 saturated heterocycles. The number of benzene rings is 1. The van der Waals surface area contributed by atoms with Gasteiger partial charge in [0.15, 0.2) is 0 Å². The third kappa shape index (κ3) is 6.30. The number of primary amides is 1. The van der Waals surface area contributed by atoms with Crippen molar-refractivity contribution in [1.82, 2.24) is 15.1 Å². The third-order valence-corrected chi connectivity index (χ3v) is 5.91. The summed E-state index contributed by atoms with van der Waals surface area (Å²) in [4.78, 5) is 52.9. The molecule has 9 nitrogen and oxygen atoms in total. The van der Waals surface area contributed by atoms with Gasteiger partial charge >= 0.3 is 6.03 Å². The van der Waals surface area contributed by atoms with Gasteiger partial charge in [0.1, 0.15) is 6.04 Å². The van der Waals surface area contributed by atoms with Crippen molar-refractivity contribution in [3.63, 3.8) is 0 Å². The number of urea groups is 1. The van der Waals surface area contributed by atoms with Crippen molar-refractivity contribution in [3.8, 4) is 0 Å². The quantitative estimate of drug-likeness (QED) is 0.500. The molecule has 0 radical (unpaired) electrons. The topological polar surface area (TPSA) is 125 Å². The molecule has 0 saturated carbocycles. The summed E-state index contributed by atoms with van der Waals surface area (Å²) in [5, 5.41) is 5.57. The monoisotopic (exact) mass is 453 g/mol. The number of likely N-dealkylation sites (tertiary alicyclic amines) is 1. The molecule has 0 aliphatic carbocycles. The van der Waals surface area contributed by atoms with E-state index in [9.17, 15) is 19.2 Å². The molecule has 1 heterocycles. The van der Waals surface area contributed by atoms with E-state index in [-0.39, 0.29) is 18.2 Å². The number of anilines is 1. The van der Waals surface area contributed by atoms with Gasteiger partial charge in [-0.2, -0.15) is 11.8 Å². The Bertz CT molecular complexity index is 807. The van der Waals surface area contributed by atoms with Crippen molar-refractivity contribution in [2.75, 3.05) is 43.7 Å². The van der Waals surface area contributed by atoms with Gasteiger partial charge in [-0.25, -0.2) is 4.79 Å². The number of likely N-dealkylation sites (N-methyl/N-ethyl adjacent to an activating group) is 1. The molecule has 0 aromatic heterocycles. The van der Waals surface area contributed by atoms with Gasteiger partial charge in [-0.05, 0) is 37.1 Å². The van der Waals surface area contributed by atoms with Gasteiger partial charge in [-0.15, -0.1) is 11.8 Å². The first-order valence-corrected chi connectivity index (χ1v) is 11.9. The van der Waals surface area contributed by atoms with Crippen LogP contribution in [0.2, 0.25) is 0 Å². The molecule has 0 spiro atoms. The summed E-state index contributed by atoms with van der Waals surface area (Å²) < 4.78 is 0. The summed E-state index contributed by atoms with van der Waals surface area (Å²) in [6.45, 7) is 0.0768. The maximum Gasteiger partial charge on any atom is 0.319 e. The number of nitrogens with zero attached hydrogens (tertiary/aromatic N) is 2. The molecule has 164 valence electrons. The van der Waals surface area contributed by atoms with Crippen molar-refractivity contribution >= 4 is 53.0 Å². The van der Waals surface area contributed by atoms with Gasteiger partial charge in [-0.3, -0.25) is 14.4 Å². The number of hydrogen-bond acceptors (Lipinski definition) is 6. The maximum atomic E-state index is 13.0. The lowest BCUT2D eigenvalue weighted by Gasteiger charge is -2.30. The fourth-order valence-corrected chi connectivity index (χ4v) is 4.18. The van der Waals surface area contributed by atoms with Crippen LogP contribution in [0.25, 0.3) is 0 Å². The minimum Gasteiger partial charge on any atom is -0.368 e. The molecule has 1 aromatic carbocycles. The second-order valence-electron chi connectivity index (χ2n) is 6.85. The highest BCUT2D eigenvalue weighted by Gasteiger charge is 2.43. The predicted molar refractivity (Wildman–Crippen MR) is 119 cm³/mol. The number of thioether (sulfide) groups is 2. The molecule has 4 N–H and O–H groups in total. The standard InChI is InChI=1S/C19H27N5O4S2/c1-23(10-15(20)25)18(27)17-14(7-8-24(17)16(26)11-29-2)22-19(28)21-12-5-4-6-13(9-12)30-3/h4-6,9,14,17H,7-8,10-11H2,1-3H3,(H2,20,25)(H2,21,22,28). The van der Waals surface area contributed by atoms with Crippen molar-refractivity contribution < 1.29 is 19.2 Å². The highest BCUT2D eigenvalue weighted by Crippen LogP contribution is 2.22. The van der Waals surface area contributed by atoms with Gasteiger partial charge in [-0.1, -0.05) is 6.07 Å². The van der Waals surface area contributed by atoms with Crippen LogP contribution in [0.3, 0.4) is 0 Å². The Morgan fingerprint density at radius 2 is 2.00 bits per heavy atom. The van der Waals surface area contributed by atoms with Crippen LogP contribution in [-0.4, -0.2) is 84.0 Å². The normalized spacial score (nSPS) is 18.0. The van der Waals surface area contributed by atoms with Crippen LogP contribution in [0.4, 0.5) is 10.5 Å². The summed E-state index contributed by atoms with van der Waals surface area (Å²) in [6.07, 6.45) is 4.17. The minimum atomic E-state index is -0.891. The van der Waals surface area contributed by atoms with Crippen LogP contribution >= 0.6 is 23.5 Å². The Morgan fingerprint density at radius 1 is 1.27 bits per heavy atom. The SMILES string of the molecule is CSCC(=O)N1CCC(NC(=O)Nc2cccc(SC)c2)C1C(=O)N(C)CC(N)=O. The Labute approximate surface area is 184 Å². The second kappa shape index (κ2) is 11.1. The number of hydrogen-bond donors (Lipinski definition) is 3. The van der Waals surface area contributed by atoms with E-state index < -0.39 is 29.9 Å². The fraction of sp³-hybridized carbons (Fsp3) is 0.474. The Kier molecular flexibility index (Phi) is 8.85. The first kappa shape index (κ1) is 23.9. The van der Waals surface area contributed by atoms with Crippen LogP contribution in [0.1, 0.15) is 6.42 Å². The number of nitrogens with two attached hydrogens (primary N) is 1. The molecule has 5 amide bonds. The number of carbonyl (C=O) groups is 4. The lowest BCUT2D eigenvalue weighted by Crippen LogP contribution is -2.56. The van der Waals surface area contributed by atoms with Crippen molar-refractivity contribution in [2.45, 2.75) is 23.4 Å². The first-order valence-electron chi connectivity index (χ1n) is 9.30. The van der Waals surface area contributed by atoms with Gasteiger partial charge in [0.05, 0.1) is 18.3 Å². The Balaban J connectivity index is 2.14. The van der Waals surface area contributed by atoms with E-state index in [1.165, 1.54) is 28.6 Å². The molecule has 30 heavy (non-hydrogen) atoms. The van der Waals surface area contributed by atoms with Gasteiger partial charge in [0.25, 0.3) is 0 Å².